The Labute approximate surface area is 230 Å². The molecule has 0 saturated carbocycles. The SMILES string of the molecule is CC(C)=CCn1c(N2CCC[C@@H](N)C2)nc2c1c(=O)n(Cc1nc(C)c3oc4ccc(C)cc4c3n1)c(=O)n2C. The van der Waals surface area contributed by atoms with Crippen molar-refractivity contribution >= 4 is 39.2 Å². The number of anilines is 1. The van der Waals surface area contributed by atoms with E-state index in [1.807, 2.05) is 50.5 Å². The average molecular weight is 543 g/mol. The summed E-state index contributed by atoms with van der Waals surface area (Å²) in [4.78, 5) is 43.9. The molecule has 40 heavy (non-hydrogen) atoms. The van der Waals surface area contributed by atoms with Crippen molar-refractivity contribution in [3.05, 3.63) is 67.8 Å². The Morgan fingerprint density at radius 2 is 1.95 bits per heavy atom. The zero-order chi connectivity index (χ0) is 28.3. The van der Waals surface area contributed by atoms with Gasteiger partial charge in [-0.15, -0.1) is 0 Å². The lowest BCUT2D eigenvalue weighted by Gasteiger charge is -2.31. The lowest BCUT2D eigenvalue weighted by Crippen LogP contribution is -2.44. The molecule has 2 N–H and O–H groups in total. The average Bonchev–Trinajstić information content (AvgIpc) is 3.48. The van der Waals surface area contributed by atoms with Gasteiger partial charge in [-0.25, -0.2) is 14.8 Å². The lowest BCUT2D eigenvalue weighted by atomic mass is 10.1. The monoisotopic (exact) mass is 542 g/mol. The lowest BCUT2D eigenvalue weighted by molar-refractivity contribution is 0.495. The maximum absolute atomic E-state index is 14.0. The third-order valence-electron chi connectivity index (χ3n) is 7.62. The quantitative estimate of drug-likeness (QED) is 0.335. The first kappa shape index (κ1) is 26.0. The number of piperidine rings is 1. The van der Waals surface area contributed by atoms with E-state index in [1.165, 1.54) is 9.13 Å². The van der Waals surface area contributed by atoms with E-state index >= 15 is 0 Å². The predicted octanol–water partition coefficient (Wildman–Crippen LogP) is 3.14. The van der Waals surface area contributed by atoms with Crippen molar-refractivity contribution in [1.82, 2.24) is 28.7 Å². The number of aromatic nitrogens is 6. The molecule has 1 aliphatic rings. The molecule has 1 atom stereocenters. The van der Waals surface area contributed by atoms with Crippen LogP contribution in [0.2, 0.25) is 0 Å². The van der Waals surface area contributed by atoms with E-state index in [-0.39, 0.29) is 12.6 Å². The van der Waals surface area contributed by atoms with E-state index < -0.39 is 11.2 Å². The number of allylic oxidation sites excluding steroid dienone is 2. The van der Waals surface area contributed by atoms with Gasteiger partial charge in [0.25, 0.3) is 5.56 Å². The van der Waals surface area contributed by atoms with Gasteiger partial charge in [0.2, 0.25) is 5.95 Å². The van der Waals surface area contributed by atoms with Gasteiger partial charge in [-0.2, -0.15) is 4.98 Å². The number of hydrogen-bond acceptors (Lipinski definition) is 8. The van der Waals surface area contributed by atoms with E-state index in [0.29, 0.717) is 52.8 Å². The Bertz CT molecular complexity index is 1940. The van der Waals surface area contributed by atoms with E-state index in [0.717, 1.165) is 41.5 Å². The summed E-state index contributed by atoms with van der Waals surface area (Å²) in [5.41, 5.74) is 11.0. The summed E-state index contributed by atoms with van der Waals surface area (Å²) in [7, 11) is 1.65. The van der Waals surface area contributed by atoms with Crippen molar-refractivity contribution in [1.29, 1.82) is 0 Å². The van der Waals surface area contributed by atoms with Crippen LogP contribution in [0.5, 0.6) is 0 Å². The van der Waals surface area contributed by atoms with Crippen LogP contribution < -0.4 is 21.9 Å². The van der Waals surface area contributed by atoms with Crippen molar-refractivity contribution in [3.63, 3.8) is 0 Å². The number of rotatable bonds is 5. The molecular formula is C29H34N8O3. The molecule has 11 heteroatoms. The van der Waals surface area contributed by atoms with Crippen LogP contribution in [0.15, 0.2) is 43.9 Å². The van der Waals surface area contributed by atoms with Gasteiger partial charge >= 0.3 is 5.69 Å². The van der Waals surface area contributed by atoms with Crippen LogP contribution in [0.3, 0.4) is 0 Å². The Kier molecular flexibility index (Phi) is 6.33. The topological polar surface area (TPSA) is 130 Å². The molecule has 6 rings (SSSR count). The molecule has 0 amide bonds. The van der Waals surface area contributed by atoms with Gasteiger partial charge < -0.3 is 19.6 Å². The largest absolute Gasteiger partial charge is 0.452 e. The molecule has 0 spiro atoms. The summed E-state index contributed by atoms with van der Waals surface area (Å²) >= 11 is 0. The summed E-state index contributed by atoms with van der Waals surface area (Å²) in [5.74, 6) is 1.02. The molecule has 208 valence electrons. The minimum absolute atomic E-state index is 0.0315. The predicted molar refractivity (Wildman–Crippen MR) is 156 cm³/mol. The smallest absolute Gasteiger partial charge is 0.332 e. The summed E-state index contributed by atoms with van der Waals surface area (Å²) < 4.78 is 10.5. The third kappa shape index (κ3) is 4.30. The summed E-state index contributed by atoms with van der Waals surface area (Å²) in [6, 6.07) is 5.95. The summed E-state index contributed by atoms with van der Waals surface area (Å²) in [6.07, 6.45) is 3.94. The standard InChI is InChI=1S/C29H34N8O3/c1-16(2)10-12-36-24-26(33-28(36)35-11-6-7-19(30)14-35)34(5)29(39)37(27(24)38)15-22-31-18(4)25-23(32-22)20-13-17(3)8-9-21(20)40-25/h8-10,13,19H,6-7,11-12,14-15,30H2,1-5H3/t19-/m1/s1. The molecule has 1 aromatic carbocycles. The molecular weight excluding hydrogens is 508 g/mol. The van der Waals surface area contributed by atoms with Crippen LogP contribution in [0.4, 0.5) is 5.95 Å². The number of nitrogens with zero attached hydrogens (tertiary/aromatic N) is 7. The molecule has 5 aromatic rings. The maximum atomic E-state index is 14.0. The second-order valence-corrected chi connectivity index (χ2v) is 11.1. The third-order valence-corrected chi connectivity index (χ3v) is 7.62. The fourth-order valence-electron chi connectivity index (χ4n) is 5.54. The minimum Gasteiger partial charge on any atom is -0.452 e. The van der Waals surface area contributed by atoms with Crippen LogP contribution in [0.25, 0.3) is 33.2 Å². The minimum atomic E-state index is -0.472. The van der Waals surface area contributed by atoms with Gasteiger partial charge in [0.05, 0.1) is 12.2 Å². The number of nitrogens with two attached hydrogens (primary N) is 1. The van der Waals surface area contributed by atoms with Crippen LogP contribution in [-0.2, 0) is 20.1 Å². The highest BCUT2D eigenvalue weighted by atomic mass is 16.3. The van der Waals surface area contributed by atoms with Gasteiger partial charge in [0, 0.05) is 38.1 Å². The van der Waals surface area contributed by atoms with Crippen LogP contribution in [0.1, 0.15) is 43.8 Å². The molecule has 0 unspecified atom stereocenters. The molecule has 1 aliphatic heterocycles. The van der Waals surface area contributed by atoms with Crippen LogP contribution in [-0.4, -0.2) is 47.8 Å². The number of aryl methyl sites for hydroxylation is 3. The first-order chi connectivity index (χ1) is 19.1. The van der Waals surface area contributed by atoms with E-state index in [9.17, 15) is 9.59 Å². The summed E-state index contributed by atoms with van der Waals surface area (Å²) in [6.45, 7) is 9.70. The summed E-state index contributed by atoms with van der Waals surface area (Å²) in [5, 5.41) is 0.877. The van der Waals surface area contributed by atoms with Gasteiger partial charge in [-0.3, -0.25) is 13.9 Å². The zero-order valence-corrected chi connectivity index (χ0v) is 23.6. The zero-order valence-electron chi connectivity index (χ0n) is 23.6. The molecule has 5 heterocycles. The molecule has 0 bridgehead atoms. The highest BCUT2D eigenvalue weighted by Gasteiger charge is 2.26. The fourth-order valence-corrected chi connectivity index (χ4v) is 5.54. The number of furan rings is 1. The van der Waals surface area contributed by atoms with Crippen molar-refractivity contribution in [2.45, 2.75) is 59.7 Å². The Morgan fingerprint density at radius 1 is 1.15 bits per heavy atom. The van der Waals surface area contributed by atoms with Gasteiger partial charge in [-0.05, 0) is 52.7 Å². The molecule has 1 saturated heterocycles. The van der Waals surface area contributed by atoms with Crippen molar-refractivity contribution in [2.75, 3.05) is 18.0 Å². The first-order valence-corrected chi connectivity index (χ1v) is 13.6. The van der Waals surface area contributed by atoms with Crippen molar-refractivity contribution in [3.8, 4) is 0 Å². The molecule has 0 radical (unpaired) electrons. The van der Waals surface area contributed by atoms with Crippen molar-refractivity contribution in [2.24, 2.45) is 12.8 Å². The fraction of sp³-hybridized carbons (Fsp3) is 0.414. The van der Waals surface area contributed by atoms with Gasteiger partial charge in [-0.1, -0.05) is 23.3 Å². The number of fused-ring (bicyclic) bond motifs is 4. The Morgan fingerprint density at radius 3 is 2.70 bits per heavy atom. The highest BCUT2D eigenvalue weighted by molar-refractivity contribution is 6.03. The van der Waals surface area contributed by atoms with Gasteiger partial charge in [0.1, 0.15) is 16.9 Å². The number of hydrogen-bond donors (Lipinski definition) is 1. The van der Waals surface area contributed by atoms with E-state index in [2.05, 4.69) is 16.0 Å². The van der Waals surface area contributed by atoms with E-state index in [4.69, 9.17) is 20.1 Å². The normalized spacial score (nSPS) is 15.9. The second kappa shape index (κ2) is 9.74. The highest BCUT2D eigenvalue weighted by Crippen LogP contribution is 2.29. The van der Waals surface area contributed by atoms with Crippen molar-refractivity contribution < 1.29 is 4.42 Å². The first-order valence-electron chi connectivity index (χ1n) is 13.6. The van der Waals surface area contributed by atoms with E-state index in [1.54, 1.807) is 7.05 Å². The molecule has 4 aromatic heterocycles. The maximum Gasteiger partial charge on any atom is 0.332 e. The molecule has 1 fully saturated rings. The van der Waals surface area contributed by atoms with Gasteiger partial charge in [0.15, 0.2) is 16.7 Å². The second-order valence-electron chi connectivity index (χ2n) is 11.1. The number of benzene rings is 1. The molecule has 0 aliphatic carbocycles. The Balaban J connectivity index is 1.53. The number of imidazole rings is 1. The van der Waals surface area contributed by atoms with Crippen LogP contribution in [0, 0.1) is 13.8 Å². The molecule has 11 nitrogen and oxygen atoms in total. The van der Waals surface area contributed by atoms with Crippen LogP contribution >= 0.6 is 0 Å². The Hall–Kier alpha value is -4.25.